The fraction of sp³-hybridized carbons (Fsp3) is 0.353. The molecule has 1 unspecified atom stereocenters. The summed E-state index contributed by atoms with van der Waals surface area (Å²) in [6.07, 6.45) is 5.68. The highest BCUT2D eigenvalue weighted by Gasteiger charge is 2.21. The van der Waals surface area contributed by atoms with E-state index in [1.165, 1.54) is 11.1 Å². The summed E-state index contributed by atoms with van der Waals surface area (Å²) >= 11 is 0. The van der Waals surface area contributed by atoms with E-state index in [-0.39, 0.29) is 0 Å². The van der Waals surface area contributed by atoms with E-state index in [0.717, 1.165) is 37.5 Å². The first-order chi connectivity index (χ1) is 10.4. The number of aromatic nitrogens is 1. The molecule has 1 aromatic carbocycles. The van der Waals surface area contributed by atoms with Gasteiger partial charge in [0.15, 0.2) is 0 Å². The Morgan fingerprint density at radius 2 is 2.33 bits per heavy atom. The SMILES string of the molecule is COc1ccc2c(c1)C(NCCc1cccnc1)CCO2. The van der Waals surface area contributed by atoms with Crippen molar-refractivity contribution in [2.75, 3.05) is 20.3 Å². The predicted molar refractivity (Wildman–Crippen MR) is 81.8 cm³/mol. The van der Waals surface area contributed by atoms with Crippen molar-refractivity contribution >= 4 is 0 Å². The van der Waals surface area contributed by atoms with Crippen LogP contribution in [0.25, 0.3) is 0 Å². The molecule has 1 aliphatic heterocycles. The zero-order valence-electron chi connectivity index (χ0n) is 12.2. The zero-order valence-corrected chi connectivity index (χ0v) is 12.2. The number of ether oxygens (including phenoxy) is 2. The second-order valence-corrected chi connectivity index (χ2v) is 5.16. The van der Waals surface area contributed by atoms with Gasteiger partial charge in [0.1, 0.15) is 11.5 Å². The van der Waals surface area contributed by atoms with E-state index in [1.807, 2.05) is 24.4 Å². The van der Waals surface area contributed by atoms with E-state index < -0.39 is 0 Å². The van der Waals surface area contributed by atoms with Gasteiger partial charge in [0, 0.05) is 30.4 Å². The van der Waals surface area contributed by atoms with Crippen LogP contribution in [0.4, 0.5) is 0 Å². The topological polar surface area (TPSA) is 43.4 Å². The molecule has 0 saturated heterocycles. The molecule has 2 aromatic rings. The van der Waals surface area contributed by atoms with Crippen molar-refractivity contribution in [2.24, 2.45) is 0 Å². The molecule has 4 heteroatoms. The van der Waals surface area contributed by atoms with Gasteiger partial charge < -0.3 is 14.8 Å². The number of fused-ring (bicyclic) bond motifs is 1. The number of methoxy groups -OCH3 is 1. The lowest BCUT2D eigenvalue weighted by Crippen LogP contribution is -2.28. The molecule has 2 heterocycles. The lowest BCUT2D eigenvalue weighted by atomic mass is 10.00. The van der Waals surface area contributed by atoms with Crippen molar-refractivity contribution in [3.63, 3.8) is 0 Å². The molecule has 3 rings (SSSR count). The van der Waals surface area contributed by atoms with E-state index in [4.69, 9.17) is 9.47 Å². The summed E-state index contributed by atoms with van der Waals surface area (Å²) in [6, 6.07) is 10.4. The first kappa shape index (κ1) is 13.9. The fourth-order valence-corrected chi connectivity index (χ4v) is 2.65. The normalized spacial score (nSPS) is 16.9. The van der Waals surface area contributed by atoms with E-state index in [1.54, 1.807) is 13.3 Å². The summed E-state index contributed by atoms with van der Waals surface area (Å²) in [4.78, 5) is 4.14. The van der Waals surface area contributed by atoms with E-state index in [2.05, 4.69) is 22.4 Å². The Kier molecular flexibility index (Phi) is 4.36. The monoisotopic (exact) mass is 284 g/mol. The van der Waals surface area contributed by atoms with Gasteiger partial charge in [-0.15, -0.1) is 0 Å². The molecule has 0 radical (unpaired) electrons. The van der Waals surface area contributed by atoms with Gasteiger partial charge >= 0.3 is 0 Å². The third kappa shape index (κ3) is 3.34. The van der Waals surface area contributed by atoms with Crippen LogP contribution < -0.4 is 14.8 Å². The van der Waals surface area contributed by atoms with Gasteiger partial charge in [0.25, 0.3) is 0 Å². The van der Waals surface area contributed by atoms with Crippen molar-refractivity contribution in [2.45, 2.75) is 18.9 Å². The van der Waals surface area contributed by atoms with Crippen LogP contribution in [0.15, 0.2) is 42.7 Å². The second-order valence-electron chi connectivity index (χ2n) is 5.16. The molecule has 0 spiro atoms. The number of rotatable bonds is 5. The van der Waals surface area contributed by atoms with Crippen LogP contribution in [-0.2, 0) is 6.42 Å². The highest BCUT2D eigenvalue weighted by Crippen LogP contribution is 2.34. The Labute approximate surface area is 125 Å². The summed E-state index contributed by atoms with van der Waals surface area (Å²) in [6.45, 7) is 1.68. The van der Waals surface area contributed by atoms with E-state index >= 15 is 0 Å². The van der Waals surface area contributed by atoms with Gasteiger partial charge in [-0.3, -0.25) is 4.98 Å². The first-order valence-corrected chi connectivity index (χ1v) is 7.30. The summed E-state index contributed by atoms with van der Waals surface area (Å²) in [7, 11) is 1.69. The molecule has 21 heavy (non-hydrogen) atoms. The van der Waals surface area contributed by atoms with Crippen LogP contribution in [0, 0.1) is 0 Å². The quantitative estimate of drug-likeness (QED) is 0.917. The molecule has 0 saturated carbocycles. The Morgan fingerprint density at radius 3 is 3.14 bits per heavy atom. The number of nitrogens with zero attached hydrogens (tertiary/aromatic N) is 1. The summed E-state index contributed by atoms with van der Waals surface area (Å²) in [5, 5.41) is 3.61. The number of pyridine rings is 1. The van der Waals surface area contributed by atoms with Crippen LogP contribution in [0.2, 0.25) is 0 Å². The third-order valence-electron chi connectivity index (χ3n) is 3.78. The molecule has 0 fully saturated rings. The molecular formula is C17H20N2O2. The molecule has 1 aromatic heterocycles. The minimum absolute atomic E-state index is 0.320. The summed E-state index contributed by atoms with van der Waals surface area (Å²) in [5.41, 5.74) is 2.44. The van der Waals surface area contributed by atoms with E-state index in [0.29, 0.717) is 6.04 Å². The van der Waals surface area contributed by atoms with Gasteiger partial charge in [-0.05, 0) is 42.8 Å². The molecule has 1 N–H and O–H groups in total. The maximum Gasteiger partial charge on any atom is 0.124 e. The maximum absolute atomic E-state index is 5.71. The standard InChI is InChI=1S/C17H20N2O2/c1-20-14-4-5-17-15(11-14)16(7-10-21-17)19-9-6-13-3-2-8-18-12-13/h2-5,8,11-12,16,19H,6-7,9-10H2,1H3. The third-order valence-corrected chi connectivity index (χ3v) is 3.78. The summed E-state index contributed by atoms with van der Waals surface area (Å²) in [5.74, 6) is 1.83. The first-order valence-electron chi connectivity index (χ1n) is 7.30. The van der Waals surface area contributed by atoms with Crippen molar-refractivity contribution in [3.8, 4) is 11.5 Å². The highest BCUT2D eigenvalue weighted by molar-refractivity contribution is 5.43. The van der Waals surface area contributed by atoms with Crippen molar-refractivity contribution in [1.29, 1.82) is 0 Å². The number of benzene rings is 1. The lowest BCUT2D eigenvalue weighted by molar-refractivity contribution is 0.252. The number of hydrogen-bond donors (Lipinski definition) is 1. The minimum Gasteiger partial charge on any atom is -0.497 e. The smallest absolute Gasteiger partial charge is 0.124 e. The van der Waals surface area contributed by atoms with Crippen molar-refractivity contribution < 1.29 is 9.47 Å². The van der Waals surface area contributed by atoms with Gasteiger partial charge in [-0.2, -0.15) is 0 Å². The molecule has 1 aliphatic rings. The Morgan fingerprint density at radius 1 is 1.38 bits per heavy atom. The van der Waals surface area contributed by atoms with Crippen LogP contribution in [0.3, 0.4) is 0 Å². The minimum atomic E-state index is 0.320. The maximum atomic E-state index is 5.71. The highest BCUT2D eigenvalue weighted by atomic mass is 16.5. The van der Waals surface area contributed by atoms with Gasteiger partial charge in [0.2, 0.25) is 0 Å². The average molecular weight is 284 g/mol. The summed E-state index contributed by atoms with van der Waals surface area (Å²) < 4.78 is 11.0. The fourth-order valence-electron chi connectivity index (χ4n) is 2.65. The van der Waals surface area contributed by atoms with Gasteiger partial charge in [-0.1, -0.05) is 6.07 Å². The van der Waals surface area contributed by atoms with Gasteiger partial charge in [0.05, 0.1) is 13.7 Å². The van der Waals surface area contributed by atoms with Gasteiger partial charge in [-0.25, -0.2) is 0 Å². The second kappa shape index (κ2) is 6.59. The lowest BCUT2D eigenvalue weighted by Gasteiger charge is -2.27. The number of hydrogen-bond acceptors (Lipinski definition) is 4. The Balaban J connectivity index is 1.64. The Bertz CT molecular complexity index is 587. The molecule has 4 nitrogen and oxygen atoms in total. The van der Waals surface area contributed by atoms with Crippen LogP contribution in [0.1, 0.15) is 23.6 Å². The Hall–Kier alpha value is -2.07. The largest absolute Gasteiger partial charge is 0.497 e. The van der Waals surface area contributed by atoms with E-state index in [9.17, 15) is 0 Å². The van der Waals surface area contributed by atoms with Crippen molar-refractivity contribution in [1.82, 2.24) is 10.3 Å². The van der Waals surface area contributed by atoms with Crippen molar-refractivity contribution in [3.05, 3.63) is 53.9 Å². The van der Waals surface area contributed by atoms with Crippen LogP contribution in [-0.4, -0.2) is 25.2 Å². The molecule has 0 bridgehead atoms. The van der Waals surface area contributed by atoms with Crippen LogP contribution >= 0.6 is 0 Å². The molecule has 0 aliphatic carbocycles. The predicted octanol–water partition coefficient (Wildman–Crippen LogP) is 2.75. The molecule has 0 amide bonds. The molecular weight excluding hydrogens is 264 g/mol. The molecule has 1 atom stereocenters. The molecule has 110 valence electrons. The number of nitrogens with one attached hydrogen (secondary N) is 1. The average Bonchev–Trinajstić information content (AvgIpc) is 2.55. The van der Waals surface area contributed by atoms with Crippen LogP contribution in [0.5, 0.6) is 11.5 Å². The zero-order chi connectivity index (χ0) is 14.5.